The van der Waals surface area contributed by atoms with Gasteiger partial charge in [-0.1, -0.05) is 22.0 Å². The number of ether oxygens (including phenoxy) is 4. The minimum absolute atomic E-state index is 0.133. The number of rotatable bonds is 8. The SMILES string of the molecule is BrCCCOC1CO1.C=CCOCC1CO1. The van der Waals surface area contributed by atoms with Gasteiger partial charge in [-0.05, 0) is 6.42 Å². The van der Waals surface area contributed by atoms with Crippen molar-refractivity contribution < 1.29 is 18.9 Å². The molecule has 2 fully saturated rings. The minimum atomic E-state index is 0.133. The summed E-state index contributed by atoms with van der Waals surface area (Å²) in [5.41, 5.74) is 0. The van der Waals surface area contributed by atoms with Crippen LogP contribution in [-0.2, 0) is 18.9 Å². The molecule has 0 aromatic heterocycles. The van der Waals surface area contributed by atoms with Crippen molar-refractivity contribution in [2.45, 2.75) is 18.8 Å². The van der Waals surface area contributed by atoms with E-state index in [1.165, 1.54) is 0 Å². The van der Waals surface area contributed by atoms with Crippen LogP contribution in [0.3, 0.4) is 0 Å². The molecular weight excluding hydrogens is 276 g/mol. The lowest BCUT2D eigenvalue weighted by atomic mass is 10.5. The van der Waals surface area contributed by atoms with Gasteiger partial charge >= 0.3 is 0 Å². The second-order valence-electron chi connectivity index (χ2n) is 3.46. The summed E-state index contributed by atoms with van der Waals surface area (Å²) in [4.78, 5) is 0. The Hall–Kier alpha value is 0.0600. The first kappa shape index (κ1) is 14.1. The molecular formula is C11H19BrO4. The van der Waals surface area contributed by atoms with E-state index in [-0.39, 0.29) is 6.29 Å². The van der Waals surface area contributed by atoms with E-state index < -0.39 is 0 Å². The molecule has 2 saturated heterocycles. The highest BCUT2D eigenvalue weighted by atomic mass is 79.9. The van der Waals surface area contributed by atoms with Gasteiger partial charge in [0.2, 0.25) is 0 Å². The van der Waals surface area contributed by atoms with E-state index in [1.807, 2.05) is 0 Å². The van der Waals surface area contributed by atoms with Crippen molar-refractivity contribution >= 4 is 15.9 Å². The van der Waals surface area contributed by atoms with Crippen LogP contribution >= 0.6 is 15.9 Å². The molecule has 2 heterocycles. The molecule has 94 valence electrons. The molecule has 0 aliphatic carbocycles. The normalized spacial score (nSPS) is 25.6. The first-order chi connectivity index (χ1) is 7.86. The zero-order valence-electron chi connectivity index (χ0n) is 9.40. The molecule has 0 saturated carbocycles. The molecule has 2 unspecified atom stereocenters. The number of halogens is 1. The summed E-state index contributed by atoms with van der Waals surface area (Å²) in [5, 5.41) is 1.01. The highest BCUT2D eigenvalue weighted by Gasteiger charge is 2.22. The number of hydrogen-bond donors (Lipinski definition) is 0. The fraction of sp³-hybridized carbons (Fsp3) is 0.818. The van der Waals surface area contributed by atoms with Crippen molar-refractivity contribution in [2.24, 2.45) is 0 Å². The summed E-state index contributed by atoms with van der Waals surface area (Å²) in [6.45, 7) is 7.36. The molecule has 0 N–H and O–H groups in total. The molecule has 0 spiro atoms. The van der Waals surface area contributed by atoms with Crippen molar-refractivity contribution in [1.29, 1.82) is 0 Å². The maximum atomic E-state index is 5.14. The monoisotopic (exact) mass is 294 g/mol. The van der Waals surface area contributed by atoms with Crippen LogP contribution in [0.15, 0.2) is 12.7 Å². The third kappa shape index (κ3) is 9.30. The summed E-state index contributed by atoms with van der Waals surface area (Å²) < 4.78 is 19.9. The Labute approximate surface area is 105 Å². The predicted molar refractivity (Wildman–Crippen MR) is 64.9 cm³/mol. The molecule has 0 aromatic carbocycles. The van der Waals surface area contributed by atoms with Gasteiger partial charge in [-0.2, -0.15) is 0 Å². The van der Waals surface area contributed by atoms with Crippen molar-refractivity contribution in [1.82, 2.24) is 0 Å². The lowest BCUT2D eigenvalue weighted by Gasteiger charge is -1.94. The standard InChI is InChI=1S/C6H10O2.C5H9BrO2/c1-2-3-7-4-6-5-8-6;6-2-1-3-7-5-4-8-5/h2,6H,1,3-5H2;5H,1-4H2. The fourth-order valence-corrected chi connectivity index (χ4v) is 1.08. The van der Waals surface area contributed by atoms with E-state index in [1.54, 1.807) is 6.08 Å². The van der Waals surface area contributed by atoms with Crippen molar-refractivity contribution in [3.8, 4) is 0 Å². The largest absolute Gasteiger partial charge is 0.375 e. The van der Waals surface area contributed by atoms with Crippen LogP contribution in [0.2, 0.25) is 0 Å². The van der Waals surface area contributed by atoms with Gasteiger partial charge in [0.25, 0.3) is 0 Å². The Morgan fingerprint density at radius 1 is 1.38 bits per heavy atom. The average molecular weight is 295 g/mol. The first-order valence-electron chi connectivity index (χ1n) is 5.46. The van der Waals surface area contributed by atoms with Gasteiger partial charge in [0.05, 0.1) is 26.4 Å². The van der Waals surface area contributed by atoms with Crippen LogP contribution in [0.4, 0.5) is 0 Å². The van der Waals surface area contributed by atoms with Crippen LogP contribution in [-0.4, -0.2) is 50.8 Å². The molecule has 2 atom stereocenters. The molecule has 2 rings (SSSR count). The molecule has 0 radical (unpaired) electrons. The van der Waals surface area contributed by atoms with Crippen LogP contribution < -0.4 is 0 Å². The van der Waals surface area contributed by atoms with Gasteiger partial charge in [0, 0.05) is 5.33 Å². The quantitative estimate of drug-likeness (QED) is 0.296. The van der Waals surface area contributed by atoms with E-state index in [2.05, 4.69) is 22.5 Å². The van der Waals surface area contributed by atoms with Crippen molar-refractivity contribution in [3.05, 3.63) is 12.7 Å². The van der Waals surface area contributed by atoms with E-state index in [0.29, 0.717) is 12.7 Å². The molecule has 0 bridgehead atoms. The molecule has 16 heavy (non-hydrogen) atoms. The fourth-order valence-electron chi connectivity index (χ4n) is 0.852. The van der Waals surface area contributed by atoms with E-state index in [0.717, 1.165) is 38.2 Å². The van der Waals surface area contributed by atoms with Gasteiger partial charge in [-0.3, -0.25) is 0 Å². The summed E-state index contributed by atoms with van der Waals surface area (Å²) >= 11 is 3.30. The van der Waals surface area contributed by atoms with Crippen molar-refractivity contribution in [2.75, 3.05) is 38.4 Å². The second kappa shape index (κ2) is 9.13. The molecule has 0 amide bonds. The van der Waals surface area contributed by atoms with Gasteiger partial charge in [0.1, 0.15) is 12.7 Å². The van der Waals surface area contributed by atoms with E-state index in [9.17, 15) is 0 Å². The number of hydrogen-bond acceptors (Lipinski definition) is 4. The van der Waals surface area contributed by atoms with Crippen LogP contribution in [0.5, 0.6) is 0 Å². The first-order valence-corrected chi connectivity index (χ1v) is 6.58. The molecule has 2 aliphatic rings. The Balaban J connectivity index is 0.000000160. The summed E-state index contributed by atoms with van der Waals surface area (Å²) in [7, 11) is 0. The topological polar surface area (TPSA) is 43.5 Å². The van der Waals surface area contributed by atoms with Crippen molar-refractivity contribution in [3.63, 3.8) is 0 Å². The molecule has 4 nitrogen and oxygen atoms in total. The maximum Gasteiger partial charge on any atom is 0.181 e. The smallest absolute Gasteiger partial charge is 0.181 e. The second-order valence-corrected chi connectivity index (χ2v) is 4.25. The average Bonchev–Trinajstić information content (AvgIpc) is 3.15. The van der Waals surface area contributed by atoms with E-state index in [4.69, 9.17) is 18.9 Å². The Kier molecular flexibility index (Phi) is 8.06. The summed E-state index contributed by atoms with van der Waals surface area (Å²) in [6.07, 6.45) is 3.33. The predicted octanol–water partition coefficient (Wildman–Crippen LogP) is 1.73. The Morgan fingerprint density at radius 2 is 2.12 bits per heavy atom. The highest BCUT2D eigenvalue weighted by Crippen LogP contribution is 2.10. The summed E-state index contributed by atoms with van der Waals surface area (Å²) in [6, 6.07) is 0. The van der Waals surface area contributed by atoms with E-state index >= 15 is 0 Å². The number of epoxide rings is 2. The maximum absolute atomic E-state index is 5.14. The van der Waals surface area contributed by atoms with Crippen LogP contribution in [0, 0.1) is 0 Å². The highest BCUT2D eigenvalue weighted by molar-refractivity contribution is 9.09. The molecule has 5 heteroatoms. The van der Waals surface area contributed by atoms with Gasteiger partial charge in [0.15, 0.2) is 6.29 Å². The molecule has 2 aliphatic heterocycles. The zero-order chi connectivity index (χ0) is 11.6. The lowest BCUT2D eigenvalue weighted by molar-refractivity contribution is 0.0513. The Bertz CT molecular complexity index is 181. The zero-order valence-corrected chi connectivity index (χ0v) is 11.0. The summed E-state index contributed by atoms with van der Waals surface area (Å²) in [5.74, 6) is 0. The molecule has 0 aromatic rings. The minimum Gasteiger partial charge on any atom is -0.375 e. The lowest BCUT2D eigenvalue weighted by Crippen LogP contribution is -2.00. The van der Waals surface area contributed by atoms with Gasteiger partial charge in [-0.25, -0.2) is 0 Å². The number of alkyl halides is 1. The Morgan fingerprint density at radius 3 is 2.62 bits per heavy atom. The van der Waals surface area contributed by atoms with Crippen LogP contribution in [0.25, 0.3) is 0 Å². The van der Waals surface area contributed by atoms with Gasteiger partial charge in [-0.15, -0.1) is 6.58 Å². The third-order valence-electron chi connectivity index (χ3n) is 1.83. The third-order valence-corrected chi connectivity index (χ3v) is 2.39. The van der Waals surface area contributed by atoms with Crippen LogP contribution in [0.1, 0.15) is 6.42 Å². The van der Waals surface area contributed by atoms with Gasteiger partial charge < -0.3 is 18.9 Å².